The average molecular weight is 432 g/mol. The van der Waals surface area contributed by atoms with Crippen molar-refractivity contribution in [2.75, 3.05) is 0 Å². The summed E-state index contributed by atoms with van der Waals surface area (Å²) in [6.45, 7) is 0. The Labute approximate surface area is 172 Å². The molecule has 1 aliphatic rings. The van der Waals surface area contributed by atoms with Crippen LogP contribution >= 0.6 is 27.5 Å². The van der Waals surface area contributed by atoms with Gasteiger partial charge in [0.15, 0.2) is 0 Å². The predicted octanol–water partition coefficient (Wildman–Crippen LogP) is 7.47. The summed E-state index contributed by atoms with van der Waals surface area (Å²) < 4.78 is 1.11. The van der Waals surface area contributed by atoms with Crippen LogP contribution in [0.15, 0.2) is 102 Å². The molecule has 0 spiro atoms. The van der Waals surface area contributed by atoms with E-state index in [9.17, 15) is 0 Å². The highest BCUT2D eigenvalue weighted by molar-refractivity contribution is 9.10. The fourth-order valence-corrected chi connectivity index (χ4v) is 5.22. The number of halogens is 2. The van der Waals surface area contributed by atoms with Gasteiger partial charge in [-0.25, -0.2) is 0 Å². The number of fused-ring (bicyclic) bond motifs is 3. The Morgan fingerprint density at radius 3 is 1.89 bits per heavy atom. The van der Waals surface area contributed by atoms with Crippen LogP contribution in [-0.4, -0.2) is 0 Å². The normalized spacial score (nSPS) is 13.9. The fraction of sp³-hybridized carbons (Fsp3) is 0.0400. The first kappa shape index (κ1) is 16.8. The molecule has 0 saturated carbocycles. The highest BCUT2D eigenvalue weighted by atomic mass is 79.9. The average Bonchev–Trinajstić information content (AvgIpc) is 3.01. The minimum Gasteiger partial charge on any atom is -0.0843 e. The summed E-state index contributed by atoms with van der Waals surface area (Å²) in [5, 5.41) is 0.758. The molecule has 0 aliphatic heterocycles. The molecule has 0 radical (unpaired) electrons. The van der Waals surface area contributed by atoms with Gasteiger partial charge in [-0.3, -0.25) is 0 Å². The molecule has 27 heavy (non-hydrogen) atoms. The first-order chi connectivity index (χ1) is 13.2. The van der Waals surface area contributed by atoms with Gasteiger partial charge in [0.2, 0.25) is 0 Å². The van der Waals surface area contributed by atoms with Gasteiger partial charge in [-0.1, -0.05) is 106 Å². The minimum atomic E-state index is -0.387. The third-order valence-corrected chi connectivity index (χ3v) is 6.38. The van der Waals surface area contributed by atoms with Crippen LogP contribution in [0.25, 0.3) is 11.1 Å². The molecule has 0 nitrogen and oxygen atoms in total. The maximum atomic E-state index is 6.50. The molecular formula is C25H16BrCl. The Balaban J connectivity index is 2.01. The van der Waals surface area contributed by atoms with Crippen LogP contribution in [0, 0.1) is 0 Å². The molecule has 0 N–H and O–H groups in total. The molecule has 0 aromatic heterocycles. The lowest BCUT2D eigenvalue weighted by molar-refractivity contribution is 0.768. The smallest absolute Gasteiger partial charge is 0.0714 e. The summed E-state index contributed by atoms with van der Waals surface area (Å²) in [5.41, 5.74) is 7.10. The summed E-state index contributed by atoms with van der Waals surface area (Å²) in [5.74, 6) is 0. The number of benzene rings is 4. The molecule has 5 rings (SSSR count). The van der Waals surface area contributed by atoms with Gasteiger partial charge in [0, 0.05) is 15.1 Å². The first-order valence-electron chi connectivity index (χ1n) is 8.93. The number of rotatable bonds is 2. The zero-order valence-corrected chi connectivity index (χ0v) is 16.8. The molecule has 0 heterocycles. The lowest BCUT2D eigenvalue weighted by Gasteiger charge is -2.34. The zero-order valence-electron chi connectivity index (χ0n) is 14.5. The molecule has 4 aromatic rings. The van der Waals surface area contributed by atoms with E-state index < -0.39 is 0 Å². The molecule has 0 bridgehead atoms. The van der Waals surface area contributed by atoms with E-state index >= 15 is 0 Å². The van der Waals surface area contributed by atoms with Crippen molar-refractivity contribution < 1.29 is 0 Å². The number of hydrogen-bond donors (Lipinski definition) is 0. The van der Waals surface area contributed by atoms with Gasteiger partial charge < -0.3 is 0 Å². The molecule has 0 amide bonds. The Morgan fingerprint density at radius 1 is 0.630 bits per heavy atom. The topological polar surface area (TPSA) is 0 Å². The van der Waals surface area contributed by atoms with E-state index in [0.29, 0.717) is 0 Å². The maximum Gasteiger partial charge on any atom is 0.0714 e. The SMILES string of the molecule is Clc1ccc2c(c1)C(c1ccccc1)(c1ccccc1)c1cccc(Br)c1-2. The van der Waals surface area contributed by atoms with Gasteiger partial charge in [0.1, 0.15) is 0 Å². The van der Waals surface area contributed by atoms with Crippen LogP contribution in [0.2, 0.25) is 5.02 Å². The van der Waals surface area contributed by atoms with Gasteiger partial charge in [0.25, 0.3) is 0 Å². The lowest BCUT2D eigenvalue weighted by Crippen LogP contribution is -2.28. The van der Waals surface area contributed by atoms with Gasteiger partial charge in [-0.15, -0.1) is 0 Å². The van der Waals surface area contributed by atoms with Crippen LogP contribution in [0.4, 0.5) is 0 Å². The monoisotopic (exact) mass is 430 g/mol. The van der Waals surface area contributed by atoms with Crippen LogP contribution < -0.4 is 0 Å². The molecule has 4 aromatic carbocycles. The van der Waals surface area contributed by atoms with Crippen molar-refractivity contribution in [3.05, 3.63) is 129 Å². The van der Waals surface area contributed by atoms with Crippen molar-refractivity contribution in [1.29, 1.82) is 0 Å². The maximum absolute atomic E-state index is 6.50. The summed E-state index contributed by atoms with van der Waals surface area (Å²) in [6, 6.07) is 34.2. The zero-order chi connectivity index (χ0) is 18.4. The van der Waals surface area contributed by atoms with E-state index in [1.54, 1.807) is 0 Å². The first-order valence-corrected chi connectivity index (χ1v) is 10.1. The summed E-state index contributed by atoms with van der Waals surface area (Å²) >= 11 is 10.3. The van der Waals surface area contributed by atoms with E-state index in [-0.39, 0.29) is 5.41 Å². The standard InChI is InChI=1S/C25H16BrCl/c26-23-13-7-12-21-24(23)20-15-14-19(27)16-22(20)25(21,17-8-3-1-4-9-17)18-10-5-2-6-11-18/h1-16H. The molecule has 130 valence electrons. The highest BCUT2D eigenvalue weighted by Gasteiger charge is 2.46. The van der Waals surface area contributed by atoms with Crippen molar-refractivity contribution >= 4 is 27.5 Å². The Hall–Kier alpha value is -2.35. The third-order valence-electron chi connectivity index (χ3n) is 5.49. The van der Waals surface area contributed by atoms with E-state index in [1.807, 2.05) is 6.07 Å². The van der Waals surface area contributed by atoms with Gasteiger partial charge in [0.05, 0.1) is 5.41 Å². The molecule has 0 atom stereocenters. The largest absolute Gasteiger partial charge is 0.0843 e. The third kappa shape index (κ3) is 2.35. The lowest BCUT2D eigenvalue weighted by atomic mass is 9.68. The summed E-state index contributed by atoms with van der Waals surface area (Å²) in [4.78, 5) is 0. The van der Waals surface area contributed by atoms with Crippen molar-refractivity contribution in [2.24, 2.45) is 0 Å². The second kappa shape index (κ2) is 6.37. The Morgan fingerprint density at radius 2 is 1.26 bits per heavy atom. The van der Waals surface area contributed by atoms with Crippen LogP contribution in [-0.2, 0) is 5.41 Å². The van der Waals surface area contributed by atoms with Crippen LogP contribution in [0.5, 0.6) is 0 Å². The fourth-order valence-electron chi connectivity index (χ4n) is 4.47. The van der Waals surface area contributed by atoms with Gasteiger partial charge in [-0.2, -0.15) is 0 Å². The molecule has 0 saturated heterocycles. The predicted molar refractivity (Wildman–Crippen MR) is 116 cm³/mol. The quantitative estimate of drug-likeness (QED) is 0.272. The van der Waals surface area contributed by atoms with Crippen LogP contribution in [0.1, 0.15) is 22.3 Å². The van der Waals surface area contributed by atoms with E-state index in [4.69, 9.17) is 11.6 Å². The molecule has 2 heteroatoms. The number of hydrogen-bond acceptors (Lipinski definition) is 0. The van der Waals surface area contributed by atoms with Crippen molar-refractivity contribution in [3.8, 4) is 11.1 Å². The minimum absolute atomic E-state index is 0.387. The van der Waals surface area contributed by atoms with Gasteiger partial charge in [-0.05, 0) is 46.0 Å². The Kier molecular flexibility index (Phi) is 3.96. The molecule has 0 fully saturated rings. The second-order valence-electron chi connectivity index (χ2n) is 6.83. The molecule has 1 aliphatic carbocycles. The van der Waals surface area contributed by atoms with Crippen molar-refractivity contribution in [1.82, 2.24) is 0 Å². The summed E-state index contributed by atoms with van der Waals surface area (Å²) in [7, 11) is 0. The second-order valence-corrected chi connectivity index (χ2v) is 8.13. The van der Waals surface area contributed by atoms with E-state index in [1.165, 1.54) is 33.4 Å². The van der Waals surface area contributed by atoms with Crippen molar-refractivity contribution in [2.45, 2.75) is 5.41 Å². The van der Waals surface area contributed by atoms with Gasteiger partial charge >= 0.3 is 0 Å². The molecular weight excluding hydrogens is 416 g/mol. The van der Waals surface area contributed by atoms with Crippen molar-refractivity contribution in [3.63, 3.8) is 0 Å². The Bertz CT molecular complexity index is 1090. The van der Waals surface area contributed by atoms with E-state index in [0.717, 1.165) is 9.50 Å². The summed E-state index contributed by atoms with van der Waals surface area (Å²) in [6.07, 6.45) is 0. The highest BCUT2D eigenvalue weighted by Crippen LogP contribution is 2.57. The molecule has 0 unspecified atom stereocenters. The van der Waals surface area contributed by atoms with Crippen LogP contribution in [0.3, 0.4) is 0 Å². The van der Waals surface area contributed by atoms with E-state index in [2.05, 4.69) is 107 Å².